The summed E-state index contributed by atoms with van der Waals surface area (Å²) in [7, 11) is 5.93. The van der Waals surface area contributed by atoms with E-state index < -0.39 is 0 Å². The Morgan fingerprint density at radius 2 is 1.63 bits per heavy atom. The van der Waals surface area contributed by atoms with Crippen molar-refractivity contribution in [3.63, 3.8) is 0 Å². The van der Waals surface area contributed by atoms with Gasteiger partial charge in [0.05, 0.1) is 16.9 Å². The van der Waals surface area contributed by atoms with E-state index in [2.05, 4.69) is 15.5 Å². The van der Waals surface area contributed by atoms with E-state index in [9.17, 15) is 9.59 Å². The molecular weight excluding hydrogens is 364 g/mol. The molecule has 6 nitrogen and oxygen atoms in total. The second kappa shape index (κ2) is 9.39. The number of likely N-dealkylation sites (N-methyl/N-ethyl adjacent to an activating group) is 2. The molecule has 0 saturated heterocycles. The van der Waals surface area contributed by atoms with Crippen LogP contribution in [0.4, 0.5) is 17.1 Å². The maximum absolute atomic E-state index is 12.8. The van der Waals surface area contributed by atoms with E-state index in [0.717, 1.165) is 18.8 Å². The van der Waals surface area contributed by atoms with E-state index in [4.69, 9.17) is 11.6 Å². The molecule has 0 fully saturated rings. The minimum Gasteiger partial charge on any atom is -0.372 e. The van der Waals surface area contributed by atoms with Gasteiger partial charge in [-0.25, -0.2) is 0 Å². The zero-order valence-corrected chi connectivity index (χ0v) is 16.8. The number of nitrogens with one attached hydrogen (secondary N) is 2. The molecule has 0 atom stereocenters. The van der Waals surface area contributed by atoms with Gasteiger partial charge < -0.3 is 20.4 Å². The third-order valence-electron chi connectivity index (χ3n) is 3.98. The lowest BCUT2D eigenvalue weighted by Gasteiger charge is -2.25. The lowest BCUT2D eigenvalue weighted by molar-refractivity contribution is -0.114. The van der Waals surface area contributed by atoms with Crippen LogP contribution in [0.3, 0.4) is 0 Å². The number of hydrogen-bond acceptors (Lipinski definition) is 4. The first-order valence-electron chi connectivity index (χ1n) is 8.61. The Morgan fingerprint density at radius 3 is 2.22 bits per heavy atom. The molecule has 0 spiro atoms. The number of nitrogens with zero attached hydrogens (tertiary/aromatic N) is 2. The summed E-state index contributed by atoms with van der Waals surface area (Å²) in [4.78, 5) is 28.7. The third-order valence-corrected chi connectivity index (χ3v) is 4.24. The molecule has 2 aromatic carbocycles. The van der Waals surface area contributed by atoms with Gasteiger partial charge in [-0.2, -0.15) is 0 Å². The molecule has 27 heavy (non-hydrogen) atoms. The summed E-state index contributed by atoms with van der Waals surface area (Å²) in [5.74, 6) is -0.534. The molecular formula is C20H25ClN4O2. The highest BCUT2D eigenvalue weighted by molar-refractivity contribution is 6.30. The molecule has 2 aromatic rings. The maximum atomic E-state index is 12.8. The van der Waals surface area contributed by atoms with Gasteiger partial charge in [-0.1, -0.05) is 17.7 Å². The predicted octanol–water partition coefficient (Wildman–Crippen LogP) is 3.55. The Labute approximate surface area is 165 Å². The summed E-state index contributed by atoms with van der Waals surface area (Å²) >= 11 is 5.89. The number of anilines is 3. The molecule has 0 aliphatic carbocycles. The molecule has 0 aromatic heterocycles. The number of hydrogen-bond donors (Lipinski definition) is 2. The van der Waals surface area contributed by atoms with Crippen molar-refractivity contribution >= 4 is 40.5 Å². The molecule has 2 amide bonds. The maximum Gasteiger partial charge on any atom is 0.257 e. The van der Waals surface area contributed by atoms with E-state index in [1.807, 2.05) is 38.2 Å². The van der Waals surface area contributed by atoms with Crippen LogP contribution in [0.2, 0.25) is 5.02 Å². The average Bonchev–Trinajstić information content (AvgIpc) is 2.61. The smallest absolute Gasteiger partial charge is 0.257 e. The number of carbonyl (C=O) groups is 2. The van der Waals surface area contributed by atoms with Gasteiger partial charge in [-0.3, -0.25) is 9.59 Å². The molecule has 0 aliphatic rings. The van der Waals surface area contributed by atoms with Gasteiger partial charge in [0.2, 0.25) is 5.91 Å². The molecule has 0 heterocycles. The van der Waals surface area contributed by atoms with Gasteiger partial charge in [-0.15, -0.1) is 0 Å². The summed E-state index contributed by atoms with van der Waals surface area (Å²) in [6, 6.07) is 12.3. The highest BCUT2D eigenvalue weighted by Crippen LogP contribution is 2.30. The van der Waals surface area contributed by atoms with Crippen LogP contribution in [-0.2, 0) is 4.79 Å². The van der Waals surface area contributed by atoms with Crippen molar-refractivity contribution in [2.75, 3.05) is 49.8 Å². The van der Waals surface area contributed by atoms with Crippen LogP contribution in [0.1, 0.15) is 17.3 Å². The monoisotopic (exact) mass is 388 g/mol. The Balaban J connectivity index is 2.33. The highest BCUT2D eigenvalue weighted by Gasteiger charge is 2.18. The van der Waals surface area contributed by atoms with E-state index >= 15 is 0 Å². The van der Waals surface area contributed by atoms with Crippen LogP contribution in [0, 0.1) is 0 Å². The topological polar surface area (TPSA) is 64.7 Å². The molecule has 0 saturated carbocycles. The molecule has 2 rings (SSSR count). The van der Waals surface area contributed by atoms with Crippen molar-refractivity contribution in [3.8, 4) is 0 Å². The molecule has 7 heteroatoms. The Kier molecular flexibility index (Phi) is 7.21. The number of halogens is 1. The zero-order chi connectivity index (χ0) is 20.0. The van der Waals surface area contributed by atoms with E-state index in [1.54, 1.807) is 30.3 Å². The van der Waals surface area contributed by atoms with Crippen LogP contribution in [-0.4, -0.2) is 50.9 Å². The predicted molar refractivity (Wildman–Crippen MR) is 112 cm³/mol. The van der Waals surface area contributed by atoms with Crippen molar-refractivity contribution in [1.29, 1.82) is 0 Å². The highest BCUT2D eigenvalue weighted by atomic mass is 35.5. The van der Waals surface area contributed by atoms with Gasteiger partial charge in [0.25, 0.3) is 5.91 Å². The van der Waals surface area contributed by atoms with Crippen LogP contribution >= 0.6 is 11.6 Å². The Bertz CT molecular complexity index is 806. The molecule has 144 valence electrons. The summed E-state index contributed by atoms with van der Waals surface area (Å²) in [5, 5.41) is 6.24. The zero-order valence-electron chi connectivity index (χ0n) is 16.0. The Hall–Kier alpha value is -2.57. The number of carbonyl (C=O) groups excluding carboxylic acids is 2. The van der Waals surface area contributed by atoms with Gasteiger partial charge >= 0.3 is 0 Å². The van der Waals surface area contributed by atoms with Crippen LogP contribution in [0.25, 0.3) is 0 Å². The summed E-state index contributed by atoms with van der Waals surface area (Å²) in [5.41, 5.74) is 2.31. The third kappa shape index (κ3) is 5.98. The Morgan fingerprint density at radius 1 is 0.963 bits per heavy atom. The van der Waals surface area contributed by atoms with E-state index in [1.165, 1.54) is 6.92 Å². The fraction of sp³-hybridized carbons (Fsp3) is 0.300. The van der Waals surface area contributed by atoms with Crippen molar-refractivity contribution in [1.82, 2.24) is 4.90 Å². The van der Waals surface area contributed by atoms with Crippen LogP contribution in [0.5, 0.6) is 0 Å². The normalized spacial score (nSPS) is 10.6. The summed E-state index contributed by atoms with van der Waals surface area (Å²) in [6.07, 6.45) is 0. The lowest BCUT2D eigenvalue weighted by Crippen LogP contribution is -2.29. The fourth-order valence-electron chi connectivity index (χ4n) is 2.56. The summed E-state index contributed by atoms with van der Waals surface area (Å²) in [6.45, 7) is 3.02. The van der Waals surface area contributed by atoms with E-state index in [-0.39, 0.29) is 11.8 Å². The van der Waals surface area contributed by atoms with Gasteiger partial charge in [0, 0.05) is 37.8 Å². The van der Waals surface area contributed by atoms with Crippen molar-refractivity contribution in [2.24, 2.45) is 0 Å². The molecule has 0 aliphatic heterocycles. The average molecular weight is 389 g/mol. The molecule has 0 radical (unpaired) electrons. The first-order valence-corrected chi connectivity index (χ1v) is 8.99. The number of benzene rings is 2. The lowest BCUT2D eigenvalue weighted by atomic mass is 10.1. The van der Waals surface area contributed by atoms with Gasteiger partial charge in [0.1, 0.15) is 0 Å². The number of amides is 2. The minimum absolute atomic E-state index is 0.232. The molecule has 2 N–H and O–H groups in total. The van der Waals surface area contributed by atoms with Gasteiger partial charge in [0.15, 0.2) is 0 Å². The SMILES string of the molecule is CC(=O)Nc1c(C(=O)Nc2ccc(Cl)cc2)cccc1N(C)CCN(C)C. The fourth-order valence-corrected chi connectivity index (χ4v) is 2.68. The first kappa shape index (κ1) is 20.7. The standard InChI is InChI=1S/C20H25ClN4O2/c1-14(26)22-19-17(20(27)23-16-10-8-15(21)9-11-16)6-5-7-18(19)25(4)13-12-24(2)3/h5-11H,12-13H2,1-4H3,(H,22,26)(H,23,27). The van der Waals surface area contributed by atoms with Crippen LogP contribution < -0.4 is 15.5 Å². The quantitative estimate of drug-likeness (QED) is 0.761. The largest absolute Gasteiger partial charge is 0.372 e. The second-order valence-corrected chi connectivity index (χ2v) is 7.00. The number of para-hydroxylation sites is 1. The van der Waals surface area contributed by atoms with Crippen molar-refractivity contribution < 1.29 is 9.59 Å². The van der Waals surface area contributed by atoms with E-state index in [0.29, 0.717) is 22.0 Å². The number of rotatable bonds is 7. The minimum atomic E-state index is -0.302. The van der Waals surface area contributed by atoms with Crippen molar-refractivity contribution in [2.45, 2.75) is 6.92 Å². The molecule has 0 bridgehead atoms. The molecule has 0 unspecified atom stereocenters. The van der Waals surface area contributed by atoms with Crippen LogP contribution in [0.15, 0.2) is 42.5 Å². The van der Waals surface area contributed by atoms with Crippen molar-refractivity contribution in [3.05, 3.63) is 53.1 Å². The first-order chi connectivity index (χ1) is 12.8. The van der Waals surface area contributed by atoms with Gasteiger partial charge in [-0.05, 0) is 50.5 Å². The second-order valence-electron chi connectivity index (χ2n) is 6.57. The summed E-state index contributed by atoms with van der Waals surface area (Å²) < 4.78 is 0.